The molecule has 138 valence electrons. The van der Waals surface area contributed by atoms with Crippen LogP contribution in [0.5, 0.6) is 0 Å². The van der Waals surface area contributed by atoms with Crippen molar-refractivity contribution in [3.63, 3.8) is 0 Å². The second-order valence-electron chi connectivity index (χ2n) is 7.43. The van der Waals surface area contributed by atoms with Crippen LogP contribution in [0, 0.1) is 5.41 Å². The highest BCUT2D eigenvalue weighted by molar-refractivity contribution is 5.85. The molecule has 3 rings (SSSR count). The van der Waals surface area contributed by atoms with Gasteiger partial charge in [0.2, 0.25) is 5.91 Å². The van der Waals surface area contributed by atoms with E-state index in [1.54, 1.807) is 16.2 Å². The van der Waals surface area contributed by atoms with E-state index in [1.807, 2.05) is 29.2 Å². The first kappa shape index (κ1) is 19.5. The third-order valence-corrected chi connectivity index (χ3v) is 5.27. The summed E-state index contributed by atoms with van der Waals surface area (Å²) in [6.07, 6.45) is 1.16. The summed E-state index contributed by atoms with van der Waals surface area (Å²) in [6.45, 7) is 5.99. The number of fused-ring (bicyclic) bond motifs is 1. The van der Waals surface area contributed by atoms with Crippen LogP contribution >= 0.6 is 12.4 Å². The molecule has 0 saturated carbocycles. The summed E-state index contributed by atoms with van der Waals surface area (Å²) in [5.41, 5.74) is 7.76. The quantitative estimate of drug-likeness (QED) is 0.899. The van der Waals surface area contributed by atoms with Crippen LogP contribution in [0.25, 0.3) is 11.0 Å². The number of piperidine rings is 1. The first-order chi connectivity index (χ1) is 11.3. The Morgan fingerprint density at radius 2 is 1.92 bits per heavy atom. The molecule has 1 aliphatic rings. The molecule has 1 aromatic heterocycles. The zero-order valence-electron chi connectivity index (χ0n) is 15.1. The Balaban J connectivity index is 0.00000225. The molecule has 0 spiro atoms. The lowest BCUT2D eigenvalue weighted by atomic mass is 9.79. The van der Waals surface area contributed by atoms with Gasteiger partial charge in [-0.05, 0) is 24.0 Å². The summed E-state index contributed by atoms with van der Waals surface area (Å²) in [6, 6.07) is 7.79. The molecular formula is C18H27ClN4O2. The van der Waals surface area contributed by atoms with E-state index in [0.717, 1.165) is 17.5 Å². The number of nitrogens with zero attached hydrogens (tertiary/aromatic N) is 3. The van der Waals surface area contributed by atoms with Crippen molar-refractivity contribution in [3.8, 4) is 0 Å². The highest BCUT2D eigenvalue weighted by Gasteiger charge is 2.35. The van der Waals surface area contributed by atoms with Gasteiger partial charge in [0.25, 0.3) is 0 Å². The number of carbonyl (C=O) groups excluding carboxylic acids is 1. The fourth-order valence-corrected chi connectivity index (χ4v) is 3.53. The molecule has 6 nitrogen and oxygen atoms in total. The van der Waals surface area contributed by atoms with Crippen LogP contribution in [-0.2, 0) is 18.4 Å². The number of amides is 1. The standard InChI is InChI=1S/C18H26N4O2.ClH/c1-18(2)12-21(10-8-15(18)19)16(23)9-11-22-14-7-5-4-6-13(14)20(3)17(22)24;/h4-7,15H,8-12,19H2,1-3H3;1H. The molecular weight excluding hydrogens is 340 g/mol. The highest BCUT2D eigenvalue weighted by atomic mass is 35.5. The number of imidazole rings is 1. The van der Waals surface area contributed by atoms with Gasteiger partial charge in [-0.2, -0.15) is 0 Å². The van der Waals surface area contributed by atoms with Crippen LogP contribution in [0.4, 0.5) is 0 Å². The molecule has 1 fully saturated rings. The van der Waals surface area contributed by atoms with Gasteiger partial charge in [-0.1, -0.05) is 26.0 Å². The zero-order valence-corrected chi connectivity index (χ0v) is 15.9. The Hall–Kier alpha value is -1.79. The van der Waals surface area contributed by atoms with Crippen molar-refractivity contribution in [2.75, 3.05) is 13.1 Å². The maximum Gasteiger partial charge on any atom is 0.328 e. The number of hydrogen-bond acceptors (Lipinski definition) is 3. The van der Waals surface area contributed by atoms with E-state index in [1.165, 1.54) is 0 Å². The average molecular weight is 367 g/mol. The van der Waals surface area contributed by atoms with Crippen molar-refractivity contribution in [3.05, 3.63) is 34.7 Å². The van der Waals surface area contributed by atoms with E-state index in [0.29, 0.717) is 26.1 Å². The van der Waals surface area contributed by atoms with Crippen molar-refractivity contribution < 1.29 is 4.79 Å². The van der Waals surface area contributed by atoms with E-state index >= 15 is 0 Å². The number of hydrogen-bond donors (Lipinski definition) is 1. The number of carbonyl (C=O) groups is 1. The van der Waals surface area contributed by atoms with E-state index in [2.05, 4.69) is 13.8 Å². The molecule has 1 unspecified atom stereocenters. The maximum absolute atomic E-state index is 12.6. The topological polar surface area (TPSA) is 73.3 Å². The van der Waals surface area contributed by atoms with E-state index in [4.69, 9.17) is 5.73 Å². The first-order valence-corrected chi connectivity index (χ1v) is 8.49. The van der Waals surface area contributed by atoms with Crippen molar-refractivity contribution >= 4 is 29.3 Å². The Labute approximate surface area is 154 Å². The Bertz CT molecular complexity index is 824. The van der Waals surface area contributed by atoms with E-state index in [9.17, 15) is 9.59 Å². The van der Waals surface area contributed by atoms with Crippen molar-refractivity contribution in [1.82, 2.24) is 14.0 Å². The summed E-state index contributed by atoms with van der Waals surface area (Å²) in [4.78, 5) is 26.9. The number of rotatable bonds is 3. The third kappa shape index (κ3) is 3.60. The molecule has 1 atom stereocenters. The van der Waals surface area contributed by atoms with Crippen LogP contribution in [0.2, 0.25) is 0 Å². The van der Waals surface area contributed by atoms with Crippen molar-refractivity contribution in [1.29, 1.82) is 0 Å². The van der Waals surface area contributed by atoms with Gasteiger partial charge in [0.1, 0.15) is 0 Å². The number of halogens is 1. The molecule has 1 aliphatic heterocycles. The van der Waals surface area contributed by atoms with Crippen LogP contribution < -0.4 is 11.4 Å². The lowest BCUT2D eigenvalue weighted by molar-refractivity contribution is -0.134. The molecule has 0 aliphatic carbocycles. The number of para-hydroxylation sites is 2. The normalized spacial score (nSPS) is 19.7. The summed E-state index contributed by atoms with van der Waals surface area (Å²) in [7, 11) is 1.76. The van der Waals surface area contributed by atoms with Crippen LogP contribution in [-0.4, -0.2) is 39.1 Å². The van der Waals surface area contributed by atoms with E-state index in [-0.39, 0.29) is 35.5 Å². The van der Waals surface area contributed by atoms with Gasteiger partial charge in [0, 0.05) is 39.1 Å². The summed E-state index contributed by atoms with van der Waals surface area (Å²) < 4.78 is 3.32. The number of nitrogens with two attached hydrogens (primary N) is 1. The molecule has 1 aromatic carbocycles. The summed E-state index contributed by atoms with van der Waals surface area (Å²) in [5.74, 6) is 0.0924. The Morgan fingerprint density at radius 1 is 1.28 bits per heavy atom. The van der Waals surface area contributed by atoms with Crippen LogP contribution in [0.3, 0.4) is 0 Å². The second kappa shape index (κ2) is 7.22. The number of aryl methyl sites for hydroxylation is 2. The average Bonchev–Trinajstić information content (AvgIpc) is 2.79. The Morgan fingerprint density at radius 3 is 2.56 bits per heavy atom. The minimum atomic E-state index is -0.0787. The summed E-state index contributed by atoms with van der Waals surface area (Å²) >= 11 is 0. The van der Waals surface area contributed by atoms with Gasteiger partial charge >= 0.3 is 5.69 Å². The molecule has 2 aromatic rings. The molecule has 0 radical (unpaired) electrons. The monoisotopic (exact) mass is 366 g/mol. The molecule has 7 heteroatoms. The fraction of sp³-hybridized carbons (Fsp3) is 0.556. The molecule has 25 heavy (non-hydrogen) atoms. The maximum atomic E-state index is 12.6. The van der Waals surface area contributed by atoms with Gasteiger partial charge < -0.3 is 10.6 Å². The predicted molar refractivity (Wildman–Crippen MR) is 102 cm³/mol. The smallest absolute Gasteiger partial charge is 0.328 e. The predicted octanol–water partition coefficient (Wildman–Crippen LogP) is 1.74. The number of likely N-dealkylation sites (tertiary alicyclic amines) is 1. The first-order valence-electron chi connectivity index (χ1n) is 8.49. The molecule has 2 heterocycles. The fourth-order valence-electron chi connectivity index (χ4n) is 3.53. The molecule has 1 amide bonds. The number of benzene rings is 1. The van der Waals surface area contributed by atoms with Gasteiger partial charge in [0.15, 0.2) is 0 Å². The Kier molecular flexibility index (Phi) is 5.64. The molecule has 1 saturated heterocycles. The van der Waals surface area contributed by atoms with Gasteiger partial charge in [-0.15, -0.1) is 12.4 Å². The molecule has 0 bridgehead atoms. The highest BCUT2D eigenvalue weighted by Crippen LogP contribution is 2.28. The molecule has 2 N–H and O–H groups in total. The third-order valence-electron chi connectivity index (χ3n) is 5.27. The number of aromatic nitrogens is 2. The zero-order chi connectivity index (χ0) is 17.5. The largest absolute Gasteiger partial charge is 0.342 e. The van der Waals surface area contributed by atoms with Crippen LogP contribution in [0.15, 0.2) is 29.1 Å². The minimum absolute atomic E-state index is 0. The van der Waals surface area contributed by atoms with Gasteiger partial charge in [0.05, 0.1) is 11.0 Å². The van der Waals surface area contributed by atoms with Crippen LogP contribution in [0.1, 0.15) is 26.7 Å². The summed E-state index contributed by atoms with van der Waals surface area (Å²) in [5, 5.41) is 0. The van der Waals surface area contributed by atoms with Crippen molar-refractivity contribution in [2.45, 2.75) is 39.3 Å². The lowest BCUT2D eigenvalue weighted by Crippen LogP contribution is -2.54. The van der Waals surface area contributed by atoms with Crippen molar-refractivity contribution in [2.24, 2.45) is 18.2 Å². The lowest BCUT2D eigenvalue weighted by Gasteiger charge is -2.42. The van der Waals surface area contributed by atoms with E-state index < -0.39 is 0 Å². The second-order valence-corrected chi connectivity index (χ2v) is 7.43. The van der Waals surface area contributed by atoms with Gasteiger partial charge in [-0.25, -0.2) is 4.79 Å². The SMILES string of the molecule is Cl.Cn1c(=O)n(CCC(=O)N2CCC(N)C(C)(C)C2)c2ccccc21. The van der Waals surface area contributed by atoms with Gasteiger partial charge in [-0.3, -0.25) is 13.9 Å². The minimum Gasteiger partial charge on any atom is -0.342 e.